The first-order valence-electron chi connectivity index (χ1n) is 7.08. The number of anilines is 1. The molecule has 0 fully saturated rings. The smallest absolute Gasteiger partial charge is 0.282 e. The van der Waals surface area contributed by atoms with Gasteiger partial charge in [0, 0.05) is 11.6 Å². The molecule has 0 atom stereocenters. The lowest BCUT2D eigenvalue weighted by atomic mass is 10.2. The average molecular weight is 329 g/mol. The van der Waals surface area contributed by atoms with Gasteiger partial charge in [-0.15, -0.1) is 0 Å². The highest BCUT2D eigenvalue weighted by molar-refractivity contribution is 6.04. The summed E-state index contributed by atoms with van der Waals surface area (Å²) in [4.78, 5) is 12.3. The number of halogens is 2. The number of para-hydroxylation sites is 1. The van der Waals surface area contributed by atoms with Crippen molar-refractivity contribution in [2.75, 3.05) is 5.32 Å². The lowest BCUT2D eigenvalue weighted by Gasteiger charge is -2.09. The van der Waals surface area contributed by atoms with Gasteiger partial charge in [0.2, 0.25) is 0 Å². The number of aromatic nitrogens is 2. The van der Waals surface area contributed by atoms with Gasteiger partial charge in [0.15, 0.2) is 0 Å². The van der Waals surface area contributed by atoms with Gasteiger partial charge in [0.1, 0.15) is 17.3 Å². The minimum atomic E-state index is -2.76. The number of rotatable bonds is 4. The largest absolute Gasteiger partial charge is 0.508 e. The summed E-state index contributed by atoms with van der Waals surface area (Å²) in [5.74, 6) is -0.485. The summed E-state index contributed by atoms with van der Waals surface area (Å²) in [6.45, 7) is 0. The van der Waals surface area contributed by atoms with E-state index in [9.17, 15) is 18.7 Å². The summed E-state index contributed by atoms with van der Waals surface area (Å²) in [6.07, 6.45) is -2.76. The van der Waals surface area contributed by atoms with E-state index in [4.69, 9.17) is 0 Å². The zero-order valence-electron chi connectivity index (χ0n) is 12.4. The molecule has 0 aliphatic heterocycles. The van der Waals surface area contributed by atoms with Gasteiger partial charge in [0.25, 0.3) is 12.3 Å². The molecular weight excluding hydrogens is 316 g/mol. The van der Waals surface area contributed by atoms with Crippen LogP contribution in [0, 0.1) is 0 Å². The van der Waals surface area contributed by atoms with Crippen LogP contribution in [0.2, 0.25) is 0 Å². The second kappa shape index (κ2) is 6.49. The van der Waals surface area contributed by atoms with Crippen LogP contribution in [-0.2, 0) is 0 Å². The van der Waals surface area contributed by atoms with Crippen molar-refractivity contribution in [2.45, 2.75) is 6.43 Å². The molecule has 122 valence electrons. The Kier molecular flexibility index (Phi) is 4.24. The van der Waals surface area contributed by atoms with Gasteiger partial charge in [0.05, 0.1) is 5.69 Å². The number of benzene rings is 2. The number of phenolic OH excluding ortho intramolecular Hbond substituents is 1. The van der Waals surface area contributed by atoms with Gasteiger partial charge >= 0.3 is 0 Å². The minimum Gasteiger partial charge on any atom is -0.508 e. The van der Waals surface area contributed by atoms with Gasteiger partial charge in [-0.3, -0.25) is 4.79 Å². The standard InChI is InChI=1S/C17H13F2N3O2/c18-16(19)14-10-15(22(21-14)12-6-2-1-3-7-12)20-17(24)11-5-4-8-13(23)9-11/h1-10,16,23H,(H,20,24). The molecule has 0 radical (unpaired) electrons. The van der Waals surface area contributed by atoms with Crippen LogP contribution in [0.5, 0.6) is 5.75 Å². The van der Waals surface area contributed by atoms with E-state index in [-0.39, 0.29) is 17.1 Å². The lowest BCUT2D eigenvalue weighted by Crippen LogP contribution is -2.15. The average Bonchev–Trinajstić information content (AvgIpc) is 3.00. The third kappa shape index (κ3) is 3.24. The fourth-order valence-corrected chi connectivity index (χ4v) is 2.20. The first kappa shape index (κ1) is 15.7. The van der Waals surface area contributed by atoms with Crippen molar-refractivity contribution in [1.29, 1.82) is 0 Å². The van der Waals surface area contributed by atoms with Crippen LogP contribution in [0.4, 0.5) is 14.6 Å². The number of nitrogens with one attached hydrogen (secondary N) is 1. The van der Waals surface area contributed by atoms with Gasteiger partial charge in [-0.05, 0) is 30.3 Å². The number of alkyl halides is 2. The Hall–Kier alpha value is -3.22. The van der Waals surface area contributed by atoms with Gasteiger partial charge in [-0.2, -0.15) is 5.10 Å². The van der Waals surface area contributed by atoms with Crippen LogP contribution < -0.4 is 5.32 Å². The maximum absolute atomic E-state index is 13.0. The van der Waals surface area contributed by atoms with Gasteiger partial charge in [-0.25, -0.2) is 13.5 Å². The Bertz CT molecular complexity index is 863. The van der Waals surface area contributed by atoms with Crippen molar-refractivity contribution < 1.29 is 18.7 Å². The number of carbonyl (C=O) groups excluding carboxylic acids is 1. The first-order chi connectivity index (χ1) is 11.5. The predicted octanol–water partition coefficient (Wildman–Crippen LogP) is 3.77. The lowest BCUT2D eigenvalue weighted by molar-refractivity contribution is 0.102. The van der Waals surface area contributed by atoms with Crippen LogP contribution in [0.1, 0.15) is 22.5 Å². The Morgan fingerprint density at radius 3 is 2.50 bits per heavy atom. The molecular formula is C17H13F2N3O2. The van der Waals surface area contributed by atoms with Crippen molar-refractivity contribution in [3.05, 3.63) is 71.9 Å². The maximum Gasteiger partial charge on any atom is 0.282 e. The maximum atomic E-state index is 13.0. The van der Waals surface area contributed by atoms with E-state index in [1.165, 1.54) is 28.9 Å². The molecule has 5 nitrogen and oxygen atoms in total. The van der Waals surface area contributed by atoms with Gasteiger partial charge in [-0.1, -0.05) is 24.3 Å². The molecule has 2 N–H and O–H groups in total. The Morgan fingerprint density at radius 1 is 1.08 bits per heavy atom. The van der Waals surface area contributed by atoms with E-state index >= 15 is 0 Å². The number of hydrogen-bond donors (Lipinski definition) is 2. The second-order valence-corrected chi connectivity index (χ2v) is 5.01. The Labute approximate surface area is 136 Å². The van der Waals surface area contributed by atoms with Crippen LogP contribution in [0.3, 0.4) is 0 Å². The van der Waals surface area contributed by atoms with Crippen molar-refractivity contribution >= 4 is 11.7 Å². The summed E-state index contributed by atoms with van der Waals surface area (Å²) in [6, 6.07) is 15.5. The van der Waals surface area contributed by atoms with Crippen molar-refractivity contribution in [3.8, 4) is 11.4 Å². The van der Waals surface area contributed by atoms with E-state index in [2.05, 4.69) is 10.4 Å². The summed E-state index contributed by atoms with van der Waals surface area (Å²) in [7, 11) is 0. The van der Waals surface area contributed by atoms with E-state index in [1.54, 1.807) is 30.3 Å². The summed E-state index contributed by atoms with van der Waals surface area (Å²) >= 11 is 0. The Morgan fingerprint density at radius 2 is 1.83 bits per heavy atom. The van der Waals surface area contributed by atoms with Gasteiger partial charge < -0.3 is 10.4 Å². The molecule has 0 aliphatic rings. The quantitative estimate of drug-likeness (QED) is 0.766. The van der Waals surface area contributed by atoms with E-state index in [0.717, 1.165) is 6.07 Å². The van der Waals surface area contributed by atoms with E-state index in [0.29, 0.717) is 5.69 Å². The molecule has 0 unspecified atom stereocenters. The van der Waals surface area contributed by atoms with E-state index in [1.807, 2.05) is 0 Å². The SMILES string of the molecule is O=C(Nc1cc(C(F)F)nn1-c1ccccc1)c1cccc(O)c1. The number of carbonyl (C=O) groups is 1. The van der Waals surface area contributed by atoms with Crippen molar-refractivity contribution in [2.24, 2.45) is 0 Å². The highest BCUT2D eigenvalue weighted by Crippen LogP contribution is 2.24. The molecule has 1 heterocycles. The molecule has 0 bridgehead atoms. The molecule has 1 aromatic heterocycles. The third-order valence-corrected chi connectivity index (χ3v) is 3.30. The number of aromatic hydroxyl groups is 1. The van der Waals surface area contributed by atoms with Crippen LogP contribution in [0.15, 0.2) is 60.7 Å². The number of amides is 1. The highest BCUT2D eigenvalue weighted by atomic mass is 19.3. The summed E-state index contributed by atoms with van der Waals surface area (Å²) in [5.41, 5.74) is 0.301. The predicted molar refractivity (Wildman–Crippen MR) is 84.6 cm³/mol. The van der Waals surface area contributed by atoms with Crippen LogP contribution >= 0.6 is 0 Å². The normalized spacial score (nSPS) is 10.8. The molecule has 1 amide bonds. The fraction of sp³-hybridized carbons (Fsp3) is 0.0588. The summed E-state index contributed by atoms with van der Waals surface area (Å²) < 4.78 is 27.2. The monoisotopic (exact) mass is 329 g/mol. The van der Waals surface area contributed by atoms with Crippen LogP contribution in [-0.4, -0.2) is 20.8 Å². The number of nitrogens with zero attached hydrogens (tertiary/aromatic N) is 2. The number of hydrogen-bond acceptors (Lipinski definition) is 3. The van der Waals surface area contributed by atoms with Crippen molar-refractivity contribution in [3.63, 3.8) is 0 Å². The van der Waals surface area contributed by atoms with E-state index < -0.39 is 18.0 Å². The molecule has 0 saturated carbocycles. The van der Waals surface area contributed by atoms with Crippen LogP contribution in [0.25, 0.3) is 5.69 Å². The molecule has 0 spiro atoms. The molecule has 3 rings (SSSR count). The van der Waals surface area contributed by atoms with Crippen molar-refractivity contribution in [1.82, 2.24) is 9.78 Å². The molecule has 2 aromatic carbocycles. The molecule has 3 aromatic rings. The molecule has 7 heteroatoms. The minimum absolute atomic E-state index is 0.0625. The topological polar surface area (TPSA) is 67.2 Å². The molecule has 0 saturated heterocycles. The third-order valence-electron chi connectivity index (χ3n) is 3.30. The highest BCUT2D eigenvalue weighted by Gasteiger charge is 2.18. The zero-order valence-corrected chi connectivity index (χ0v) is 12.4. The molecule has 0 aliphatic carbocycles. The summed E-state index contributed by atoms with van der Waals surface area (Å²) in [5, 5.41) is 15.8. The Balaban J connectivity index is 1.96. The first-order valence-corrected chi connectivity index (χ1v) is 7.08. The molecule has 24 heavy (non-hydrogen) atoms. The number of phenols is 1. The fourth-order valence-electron chi connectivity index (χ4n) is 2.20. The second-order valence-electron chi connectivity index (χ2n) is 5.01. The zero-order chi connectivity index (χ0) is 17.1.